The van der Waals surface area contributed by atoms with E-state index in [4.69, 9.17) is 23.2 Å². The summed E-state index contributed by atoms with van der Waals surface area (Å²) in [6.07, 6.45) is 0. The highest BCUT2D eigenvalue weighted by molar-refractivity contribution is 6.33. The lowest BCUT2D eigenvalue weighted by Gasteiger charge is -2.17. The molecule has 0 fully saturated rings. The monoisotopic (exact) mass is 216 g/mol. The maximum atomic E-state index is 6.08. The van der Waals surface area contributed by atoms with Crippen molar-refractivity contribution < 1.29 is 0 Å². The summed E-state index contributed by atoms with van der Waals surface area (Å²) < 4.78 is 0. The van der Waals surface area contributed by atoms with Crippen LogP contribution in [0.15, 0.2) is 18.2 Å². The smallest absolute Gasteiger partial charge is 0.0441 e. The van der Waals surface area contributed by atoms with Crippen molar-refractivity contribution >= 4 is 23.2 Å². The van der Waals surface area contributed by atoms with E-state index < -0.39 is 0 Å². The molecule has 1 atom stereocenters. The Labute approximate surface area is 89.9 Å². The van der Waals surface area contributed by atoms with Crippen LogP contribution in [-0.4, -0.2) is 0 Å². The summed E-state index contributed by atoms with van der Waals surface area (Å²) in [6, 6.07) is 5.63. The molecule has 1 rings (SSSR count). The van der Waals surface area contributed by atoms with Crippen molar-refractivity contribution in [3.05, 3.63) is 33.8 Å². The third-order valence-electron chi connectivity index (χ3n) is 2.45. The van der Waals surface area contributed by atoms with E-state index in [0.29, 0.717) is 11.8 Å². The van der Waals surface area contributed by atoms with Gasteiger partial charge >= 0.3 is 0 Å². The van der Waals surface area contributed by atoms with E-state index in [1.54, 1.807) is 0 Å². The van der Waals surface area contributed by atoms with E-state index in [1.165, 1.54) is 0 Å². The molecule has 0 aliphatic carbocycles. The highest BCUT2D eigenvalue weighted by Gasteiger charge is 2.13. The van der Waals surface area contributed by atoms with E-state index in [9.17, 15) is 0 Å². The summed E-state index contributed by atoms with van der Waals surface area (Å²) in [5, 5.41) is 1.57. The first-order valence-electron chi connectivity index (χ1n) is 4.47. The van der Waals surface area contributed by atoms with Crippen molar-refractivity contribution in [1.29, 1.82) is 0 Å². The molecule has 0 aromatic heterocycles. The zero-order valence-electron chi connectivity index (χ0n) is 8.14. The molecule has 13 heavy (non-hydrogen) atoms. The van der Waals surface area contributed by atoms with Crippen LogP contribution in [0, 0.1) is 5.92 Å². The van der Waals surface area contributed by atoms with Crippen LogP contribution >= 0.6 is 23.2 Å². The molecule has 1 aromatic rings. The minimum atomic E-state index is 0.450. The van der Waals surface area contributed by atoms with Crippen molar-refractivity contribution in [1.82, 2.24) is 0 Å². The lowest BCUT2D eigenvalue weighted by molar-refractivity contribution is 0.535. The van der Waals surface area contributed by atoms with Crippen LogP contribution in [0.1, 0.15) is 32.3 Å². The highest BCUT2D eigenvalue weighted by atomic mass is 35.5. The molecule has 0 aliphatic rings. The molecule has 1 unspecified atom stereocenters. The minimum absolute atomic E-state index is 0.450. The number of benzene rings is 1. The van der Waals surface area contributed by atoms with Crippen molar-refractivity contribution in [3.63, 3.8) is 0 Å². The Bertz CT molecular complexity index is 292. The number of halogens is 2. The summed E-state index contributed by atoms with van der Waals surface area (Å²) in [5.74, 6) is 1.03. The Kier molecular flexibility index (Phi) is 3.63. The fourth-order valence-corrected chi connectivity index (χ4v) is 1.69. The zero-order chi connectivity index (χ0) is 10.0. The van der Waals surface area contributed by atoms with Crippen molar-refractivity contribution in [2.75, 3.05) is 0 Å². The van der Waals surface area contributed by atoms with E-state index in [1.807, 2.05) is 18.2 Å². The van der Waals surface area contributed by atoms with Crippen molar-refractivity contribution in [2.24, 2.45) is 5.92 Å². The number of rotatable bonds is 2. The molecule has 0 saturated heterocycles. The molecule has 0 bridgehead atoms. The van der Waals surface area contributed by atoms with E-state index >= 15 is 0 Å². The molecule has 0 heterocycles. The molecular formula is C11H14Cl2. The molecule has 2 heteroatoms. The van der Waals surface area contributed by atoms with Gasteiger partial charge in [0.1, 0.15) is 0 Å². The zero-order valence-corrected chi connectivity index (χ0v) is 9.65. The predicted octanol–water partition coefficient (Wildman–Crippen LogP) is 4.75. The molecule has 72 valence electrons. The van der Waals surface area contributed by atoms with Crippen LogP contribution in [0.4, 0.5) is 0 Å². The summed E-state index contributed by atoms with van der Waals surface area (Å²) in [7, 11) is 0. The van der Waals surface area contributed by atoms with Gasteiger partial charge in [-0.05, 0) is 35.6 Å². The highest BCUT2D eigenvalue weighted by Crippen LogP contribution is 2.31. The van der Waals surface area contributed by atoms with Gasteiger partial charge in [-0.15, -0.1) is 0 Å². The quantitative estimate of drug-likeness (QED) is 0.670. The molecule has 0 aliphatic heterocycles. The molecular weight excluding hydrogens is 203 g/mol. The molecule has 0 saturated carbocycles. The fraction of sp³-hybridized carbons (Fsp3) is 0.455. The second-order valence-electron chi connectivity index (χ2n) is 3.70. The maximum Gasteiger partial charge on any atom is 0.0441 e. The Morgan fingerprint density at radius 1 is 1.08 bits per heavy atom. The van der Waals surface area contributed by atoms with E-state index in [-0.39, 0.29) is 0 Å². The Morgan fingerprint density at radius 2 is 1.69 bits per heavy atom. The SMILES string of the molecule is CC(C)C(C)c1cc(Cl)ccc1Cl. The van der Waals surface area contributed by atoms with E-state index in [2.05, 4.69) is 20.8 Å². The summed E-state index contributed by atoms with van der Waals surface area (Å²) in [6.45, 7) is 6.53. The molecule has 0 nitrogen and oxygen atoms in total. The van der Waals surface area contributed by atoms with Gasteiger partial charge < -0.3 is 0 Å². The van der Waals surface area contributed by atoms with Gasteiger partial charge in [0.15, 0.2) is 0 Å². The number of hydrogen-bond acceptors (Lipinski definition) is 0. The van der Waals surface area contributed by atoms with Gasteiger partial charge in [-0.1, -0.05) is 44.0 Å². The maximum absolute atomic E-state index is 6.08. The van der Waals surface area contributed by atoms with Gasteiger partial charge in [0.2, 0.25) is 0 Å². The molecule has 0 radical (unpaired) electrons. The second-order valence-corrected chi connectivity index (χ2v) is 4.54. The topological polar surface area (TPSA) is 0 Å². The van der Waals surface area contributed by atoms with Crippen molar-refractivity contribution in [3.8, 4) is 0 Å². The van der Waals surface area contributed by atoms with Gasteiger partial charge in [-0.25, -0.2) is 0 Å². The van der Waals surface area contributed by atoms with Crippen LogP contribution in [-0.2, 0) is 0 Å². The molecule has 0 N–H and O–H groups in total. The summed E-state index contributed by atoms with van der Waals surface area (Å²) >= 11 is 12.0. The Hall–Kier alpha value is -0.200. The molecule has 0 amide bonds. The first-order chi connectivity index (χ1) is 6.02. The van der Waals surface area contributed by atoms with Gasteiger partial charge in [-0.3, -0.25) is 0 Å². The van der Waals surface area contributed by atoms with Crippen LogP contribution < -0.4 is 0 Å². The number of hydrogen-bond donors (Lipinski definition) is 0. The van der Waals surface area contributed by atoms with Crippen LogP contribution in [0.5, 0.6) is 0 Å². The van der Waals surface area contributed by atoms with Gasteiger partial charge in [0, 0.05) is 10.0 Å². The third kappa shape index (κ3) is 2.62. The average Bonchev–Trinajstić information content (AvgIpc) is 2.08. The Morgan fingerprint density at radius 3 is 2.23 bits per heavy atom. The largest absolute Gasteiger partial charge is 0.0843 e. The average molecular weight is 217 g/mol. The Balaban J connectivity index is 3.05. The minimum Gasteiger partial charge on any atom is -0.0843 e. The first-order valence-corrected chi connectivity index (χ1v) is 5.23. The third-order valence-corrected chi connectivity index (χ3v) is 3.03. The molecule has 1 aromatic carbocycles. The lowest BCUT2D eigenvalue weighted by Crippen LogP contribution is -2.02. The second kappa shape index (κ2) is 4.34. The van der Waals surface area contributed by atoms with Crippen LogP contribution in [0.2, 0.25) is 10.0 Å². The summed E-state index contributed by atoms with van der Waals surface area (Å²) in [5.41, 5.74) is 1.14. The van der Waals surface area contributed by atoms with Crippen LogP contribution in [0.3, 0.4) is 0 Å². The van der Waals surface area contributed by atoms with E-state index in [0.717, 1.165) is 15.6 Å². The van der Waals surface area contributed by atoms with Crippen LogP contribution in [0.25, 0.3) is 0 Å². The predicted molar refractivity (Wildman–Crippen MR) is 59.7 cm³/mol. The lowest BCUT2D eigenvalue weighted by atomic mass is 9.90. The van der Waals surface area contributed by atoms with Gasteiger partial charge in [0.05, 0.1) is 0 Å². The fourth-order valence-electron chi connectivity index (χ4n) is 1.22. The summed E-state index contributed by atoms with van der Waals surface area (Å²) in [4.78, 5) is 0. The standard InChI is InChI=1S/C11H14Cl2/c1-7(2)8(3)10-6-9(12)4-5-11(10)13/h4-8H,1-3H3. The van der Waals surface area contributed by atoms with Crippen molar-refractivity contribution in [2.45, 2.75) is 26.7 Å². The van der Waals surface area contributed by atoms with Gasteiger partial charge in [0.25, 0.3) is 0 Å². The first kappa shape index (κ1) is 10.9. The normalized spacial score (nSPS) is 13.4. The van der Waals surface area contributed by atoms with Gasteiger partial charge in [-0.2, -0.15) is 0 Å². The molecule has 0 spiro atoms.